The van der Waals surface area contributed by atoms with Gasteiger partial charge in [-0.3, -0.25) is 0 Å². The van der Waals surface area contributed by atoms with Crippen LogP contribution in [0.2, 0.25) is 0 Å². The molecule has 0 fully saturated rings. The van der Waals surface area contributed by atoms with E-state index >= 15 is 4.39 Å². The van der Waals surface area contributed by atoms with Crippen molar-refractivity contribution in [1.82, 2.24) is 0 Å². The summed E-state index contributed by atoms with van der Waals surface area (Å²) >= 11 is 0. The van der Waals surface area contributed by atoms with Gasteiger partial charge in [0.25, 0.3) is 0 Å². The predicted molar refractivity (Wildman–Crippen MR) is 106 cm³/mol. The Labute approximate surface area is 162 Å². The third-order valence-electron chi connectivity index (χ3n) is 4.81. The summed E-state index contributed by atoms with van der Waals surface area (Å²) in [6.45, 7) is -0.958. The van der Waals surface area contributed by atoms with E-state index in [-0.39, 0.29) is 11.3 Å². The fraction of sp³-hybridized carbons (Fsp3) is 0.304. The first-order chi connectivity index (χ1) is 13.5. The summed E-state index contributed by atoms with van der Waals surface area (Å²) in [5.41, 5.74) is 2.00. The molecule has 0 saturated heterocycles. The molecule has 3 rings (SSSR count). The van der Waals surface area contributed by atoms with Crippen LogP contribution in [0.5, 0.6) is 11.5 Å². The van der Waals surface area contributed by atoms with E-state index in [4.69, 9.17) is 4.74 Å². The van der Waals surface area contributed by atoms with Gasteiger partial charge in [-0.25, -0.2) is 4.39 Å². The summed E-state index contributed by atoms with van der Waals surface area (Å²) in [6, 6.07) is 14.3. The Morgan fingerprint density at radius 2 is 1.64 bits per heavy atom. The van der Waals surface area contributed by atoms with E-state index in [2.05, 4.69) is 4.74 Å². The number of fused-ring (bicyclic) bond motifs is 1. The lowest BCUT2D eigenvalue weighted by Crippen LogP contribution is -2.06. The second-order valence-electron chi connectivity index (χ2n) is 6.67. The zero-order valence-electron chi connectivity index (χ0n) is 16.0. The predicted octanol–water partition coefficient (Wildman–Crippen LogP) is 6.99. The molecule has 5 heteroatoms. The molecule has 0 aromatic heterocycles. The van der Waals surface area contributed by atoms with Gasteiger partial charge in [-0.1, -0.05) is 44.0 Å². The van der Waals surface area contributed by atoms with Crippen molar-refractivity contribution in [2.24, 2.45) is 0 Å². The van der Waals surface area contributed by atoms with Crippen molar-refractivity contribution in [3.05, 3.63) is 59.9 Å². The van der Waals surface area contributed by atoms with E-state index < -0.39 is 12.4 Å². The molecule has 0 N–H and O–H groups in total. The maximum atomic E-state index is 15.1. The van der Waals surface area contributed by atoms with Crippen molar-refractivity contribution in [3.63, 3.8) is 0 Å². The van der Waals surface area contributed by atoms with Crippen LogP contribution in [0, 0.1) is 5.82 Å². The van der Waals surface area contributed by atoms with Crippen LogP contribution in [-0.2, 0) is 6.42 Å². The summed E-state index contributed by atoms with van der Waals surface area (Å²) in [4.78, 5) is 0. The maximum Gasteiger partial charge on any atom is 0.387 e. The Hall–Kier alpha value is -2.69. The van der Waals surface area contributed by atoms with Gasteiger partial charge in [0, 0.05) is 10.9 Å². The minimum Gasteiger partial charge on any atom is -0.497 e. The third-order valence-corrected chi connectivity index (χ3v) is 4.81. The normalized spacial score (nSPS) is 11.2. The second-order valence-corrected chi connectivity index (χ2v) is 6.67. The van der Waals surface area contributed by atoms with Gasteiger partial charge in [-0.05, 0) is 53.6 Å². The number of unbranched alkanes of at least 4 members (excludes halogenated alkanes) is 2. The van der Waals surface area contributed by atoms with E-state index in [0.29, 0.717) is 17.2 Å². The number of rotatable bonds is 8. The number of hydrogen-bond acceptors (Lipinski definition) is 2. The fourth-order valence-corrected chi connectivity index (χ4v) is 3.33. The lowest BCUT2D eigenvalue weighted by molar-refractivity contribution is -0.0505. The lowest BCUT2D eigenvalue weighted by atomic mass is 9.97. The Balaban J connectivity index is 2.05. The second kappa shape index (κ2) is 9.00. The van der Waals surface area contributed by atoms with Crippen LogP contribution in [0.3, 0.4) is 0 Å². The van der Waals surface area contributed by atoms with Gasteiger partial charge >= 0.3 is 6.61 Å². The highest BCUT2D eigenvalue weighted by Gasteiger charge is 2.18. The number of halogens is 3. The van der Waals surface area contributed by atoms with E-state index in [0.717, 1.165) is 36.1 Å². The molecule has 0 unspecified atom stereocenters. The van der Waals surface area contributed by atoms with E-state index in [1.807, 2.05) is 37.3 Å². The van der Waals surface area contributed by atoms with Crippen LogP contribution in [0.1, 0.15) is 31.7 Å². The van der Waals surface area contributed by atoms with Crippen LogP contribution < -0.4 is 9.47 Å². The summed E-state index contributed by atoms with van der Waals surface area (Å²) < 4.78 is 50.7. The molecule has 0 aliphatic rings. The number of alkyl halides is 2. The highest BCUT2D eigenvalue weighted by atomic mass is 19.3. The van der Waals surface area contributed by atoms with Gasteiger partial charge in [-0.15, -0.1) is 0 Å². The van der Waals surface area contributed by atoms with Crippen molar-refractivity contribution in [2.75, 3.05) is 7.11 Å². The largest absolute Gasteiger partial charge is 0.497 e. The molecule has 0 amide bonds. The molecule has 0 saturated carbocycles. The van der Waals surface area contributed by atoms with E-state index in [9.17, 15) is 8.78 Å². The number of hydrogen-bond donors (Lipinski definition) is 0. The smallest absolute Gasteiger partial charge is 0.387 e. The molecular weight excluding hydrogens is 365 g/mol. The molecule has 0 atom stereocenters. The minimum atomic E-state index is -2.99. The van der Waals surface area contributed by atoms with E-state index in [1.54, 1.807) is 19.2 Å². The van der Waals surface area contributed by atoms with Crippen LogP contribution in [0.4, 0.5) is 13.2 Å². The number of benzene rings is 3. The molecule has 28 heavy (non-hydrogen) atoms. The van der Waals surface area contributed by atoms with Crippen molar-refractivity contribution in [3.8, 4) is 22.6 Å². The number of methoxy groups -OCH3 is 1. The minimum absolute atomic E-state index is 0.0806. The summed E-state index contributed by atoms with van der Waals surface area (Å²) in [5, 5.41) is 0.936. The molecule has 0 spiro atoms. The van der Waals surface area contributed by atoms with Gasteiger partial charge in [0.1, 0.15) is 17.3 Å². The SMILES string of the molecule is CCCCCc1c(OC(F)F)cc2cc(-c3ccc(OC)cc3)ccc2c1F. The highest BCUT2D eigenvalue weighted by molar-refractivity contribution is 5.90. The maximum absolute atomic E-state index is 15.1. The zero-order chi connectivity index (χ0) is 20.1. The Morgan fingerprint density at radius 3 is 2.29 bits per heavy atom. The summed E-state index contributed by atoms with van der Waals surface area (Å²) in [5.74, 6) is 0.174. The standard InChI is InChI=1S/C23H23F3O2/c1-3-4-5-6-20-21(28-23(25)26)14-17-13-16(9-12-19(17)22(20)24)15-7-10-18(27-2)11-8-15/h7-14,23H,3-6H2,1-2H3. The molecule has 0 bridgehead atoms. The molecule has 0 aliphatic heterocycles. The first kappa shape index (κ1) is 20.1. The van der Waals surface area contributed by atoms with Gasteiger partial charge in [0.05, 0.1) is 7.11 Å². The monoisotopic (exact) mass is 388 g/mol. The van der Waals surface area contributed by atoms with Crippen molar-refractivity contribution in [1.29, 1.82) is 0 Å². The molecule has 0 aliphatic carbocycles. The van der Waals surface area contributed by atoms with Crippen LogP contribution in [-0.4, -0.2) is 13.7 Å². The van der Waals surface area contributed by atoms with Gasteiger partial charge < -0.3 is 9.47 Å². The zero-order valence-corrected chi connectivity index (χ0v) is 16.0. The highest BCUT2D eigenvalue weighted by Crippen LogP contribution is 2.35. The van der Waals surface area contributed by atoms with Crippen LogP contribution in [0.25, 0.3) is 21.9 Å². The van der Waals surface area contributed by atoms with Gasteiger partial charge in [-0.2, -0.15) is 8.78 Å². The summed E-state index contributed by atoms with van der Waals surface area (Å²) in [6.07, 6.45) is 2.97. The first-order valence-corrected chi connectivity index (χ1v) is 9.38. The van der Waals surface area contributed by atoms with Crippen molar-refractivity contribution in [2.45, 2.75) is 39.2 Å². The molecule has 2 nitrogen and oxygen atoms in total. The average Bonchev–Trinajstić information content (AvgIpc) is 2.69. The molecule has 3 aromatic rings. The third kappa shape index (κ3) is 4.41. The lowest BCUT2D eigenvalue weighted by Gasteiger charge is -2.15. The fourth-order valence-electron chi connectivity index (χ4n) is 3.33. The van der Waals surface area contributed by atoms with E-state index in [1.165, 1.54) is 6.07 Å². The summed E-state index contributed by atoms with van der Waals surface area (Å²) in [7, 11) is 1.59. The molecular formula is C23H23F3O2. The average molecular weight is 388 g/mol. The Morgan fingerprint density at radius 1 is 0.929 bits per heavy atom. The molecule has 0 heterocycles. The van der Waals surface area contributed by atoms with Gasteiger partial charge in [0.15, 0.2) is 0 Å². The molecule has 3 aromatic carbocycles. The topological polar surface area (TPSA) is 18.5 Å². The number of ether oxygens (including phenoxy) is 2. The Bertz CT molecular complexity index is 937. The first-order valence-electron chi connectivity index (χ1n) is 9.38. The van der Waals surface area contributed by atoms with Crippen molar-refractivity contribution < 1.29 is 22.6 Å². The molecule has 0 radical (unpaired) electrons. The Kier molecular flexibility index (Phi) is 6.45. The van der Waals surface area contributed by atoms with Crippen LogP contribution in [0.15, 0.2) is 48.5 Å². The van der Waals surface area contributed by atoms with Gasteiger partial charge in [0.2, 0.25) is 0 Å². The quantitative estimate of drug-likeness (QED) is 0.387. The molecule has 148 valence electrons. The van der Waals surface area contributed by atoms with Crippen LogP contribution >= 0.6 is 0 Å². The van der Waals surface area contributed by atoms with Crippen molar-refractivity contribution >= 4 is 10.8 Å².